The van der Waals surface area contributed by atoms with Crippen molar-refractivity contribution in [3.05, 3.63) is 105 Å². The van der Waals surface area contributed by atoms with Gasteiger partial charge in [-0.2, -0.15) is 4.73 Å². The van der Waals surface area contributed by atoms with Gasteiger partial charge in [0.05, 0.1) is 17.1 Å². The molecule has 1 N–H and O–H groups in total. The van der Waals surface area contributed by atoms with Gasteiger partial charge in [0.2, 0.25) is 6.54 Å². The fourth-order valence-electron chi connectivity index (χ4n) is 3.73. The lowest BCUT2D eigenvalue weighted by Crippen LogP contribution is -2.15. The van der Waals surface area contributed by atoms with Gasteiger partial charge in [0.15, 0.2) is 0 Å². The number of nitrogens with zero attached hydrogens (tertiary/aromatic N) is 2. The first-order valence-electron chi connectivity index (χ1n) is 8.82. The van der Waals surface area contributed by atoms with Crippen LogP contribution in [0.2, 0.25) is 5.02 Å². The zero-order chi connectivity index (χ0) is 19.7. The SMILES string of the molecule is O=[N+]([O-])C[C@@H](c1ccccc1Cl)c1c(-c2ccccc2)n(O)c2ccccc12. The third-order valence-corrected chi connectivity index (χ3v) is 5.24. The van der Waals surface area contributed by atoms with Gasteiger partial charge in [0.25, 0.3) is 0 Å². The van der Waals surface area contributed by atoms with Crippen LogP contribution in [0.1, 0.15) is 17.0 Å². The molecule has 0 amide bonds. The number of aromatic nitrogens is 1. The van der Waals surface area contributed by atoms with Crippen LogP contribution in [0.3, 0.4) is 0 Å². The lowest BCUT2D eigenvalue weighted by atomic mass is 9.87. The summed E-state index contributed by atoms with van der Waals surface area (Å²) >= 11 is 6.42. The maximum atomic E-state index is 11.6. The van der Waals surface area contributed by atoms with Gasteiger partial charge in [0, 0.05) is 26.5 Å². The fourth-order valence-corrected chi connectivity index (χ4v) is 3.99. The zero-order valence-electron chi connectivity index (χ0n) is 14.8. The number of para-hydroxylation sites is 1. The summed E-state index contributed by atoms with van der Waals surface area (Å²) in [5, 5.41) is 23.7. The molecule has 5 nitrogen and oxygen atoms in total. The Labute approximate surface area is 166 Å². The third kappa shape index (κ3) is 3.10. The van der Waals surface area contributed by atoms with Crippen molar-refractivity contribution in [3.8, 4) is 11.3 Å². The van der Waals surface area contributed by atoms with E-state index in [0.29, 0.717) is 27.4 Å². The molecule has 0 saturated heterocycles. The number of halogens is 1. The largest absolute Gasteiger partial charge is 0.428 e. The molecule has 0 saturated carbocycles. The molecule has 0 bridgehead atoms. The van der Waals surface area contributed by atoms with Gasteiger partial charge in [-0.05, 0) is 17.7 Å². The first kappa shape index (κ1) is 18.1. The highest BCUT2D eigenvalue weighted by atomic mass is 35.5. The van der Waals surface area contributed by atoms with Crippen molar-refractivity contribution < 1.29 is 10.1 Å². The quantitative estimate of drug-likeness (QED) is 0.273. The van der Waals surface area contributed by atoms with Gasteiger partial charge in [-0.1, -0.05) is 78.3 Å². The van der Waals surface area contributed by atoms with Crippen LogP contribution in [0.25, 0.3) is 22.2 Å². The topological polar surface area (TPSA) is 68.3 Å². The van der Waals surface area contributed by atoms with Gasteiger partial charge < -0.3 is 5.21 Å². The van der Waals surface area contributed by atoms with Gasteiger partial charge in [-0.3, -0.25) is 10.1 Å². The molecule has 0 unspecified atom stereocenters. The van der Waals surface area contributed by atoms with Crippen LogP contribution in [-0.2, 0) is 0 Å². The molecule has 0 aliphatic carbocycles. The maximum absolute atomic E-state index is 11.6. The molecule has 0 radical (unpaired) electrons. The molecule has 1 heterocycles. The van der Waals surface area contributed by atoms with Crippen LogP contribution in [0, 0.1) is 10.1 Å². The molecule has 0 spiro atoms. The van der Waals surface area contributed by atoms with Crippen LogP contribution >= 0.6 is 11.6 Å². The molecular formula is C22H17ClN2O3. The Bertz CT molecular complexity index is 1160. The molecule has 0 aliphatic heterocycles. The minimum Gasteiger partial charge on any atom is -0.428 e. The summed E-state index contributed by atoms with van der Waals surface area (Å²) in [5.74, 6) is -0.614. The Morgan fingerprint density at radius 1 is 0.964 bits per heavy atom. The molecule has 4 aromatic rings. The smallest absolute Gasteiger partial charge is 0.214 e. The Kier molecular flexibility index (Phi) is 4.75. The maximum Gasteiger partial charge on any atom is 0.214 e. The van der Waals surface area contributed by atoms with Crippen LogP contribution in [0.15, 0.2) is 78.9 Å². The molecule has 3 aromatic carbocycles. The van der Waals surface area contributed by atoms with E-state index in [1.807, 2.05) is 54.6 Å². The number of benzene rings is 3. The average Bonchev–Trinajstić information content (AvgIpc) is 3.00. The van der Waals surface area contributed by atoms with E-state index < -0.39 is 5.92 Å². The molecule has 1 aromatic heterocycles. The fraction of sp³-hybridized carbons (Fsp3) is 0.0909. The van der Waals surface area contributed by atoms with E-state index >= 15 is 0 Å². The normalized spacial score (nSPS) is 12.2. The first-order chi connectivity index (χ1) is 13.6. The highest BCUT2D eigenvalue weighted by Crippen LogP contribution is 2.42. The van der Waals surface area contributed by atoms with E-state index in [0.717, 1.165) is 15.7 Å². The van der Waals surface area contributed by atoms with Crippen molar-refractivity contribution >= 4 is 22.5 Å². The molecule has 0 aliphatic rings. The zero-order valence-corrected chi connectivity index (χ0v) is 15.6. The first-order valence-corrected chi connectivity index (χ1v) is 9.20. The molecule has 1 atom stereocenters. The Hall–Kier alpha value is -3.31. The van der Waals surface area contributed by atoms with Crippen LogP contribution in [0.4, 0.5) is 0 Å². The summed E-state index contributed by atoms with van der Waals surface area (Å²) in [6.45, 7) is -0.336. The summed E-state index contributed by atoms with van der Waals surface area (Å²) in [6, 6.07) is 23.9. The Morgan fingerprint density at radius 3 is 2.32 bits per heavy atom. The van der Waals surface area contributed by atoms with Crippen molar-refractivity contribution in [3.63, 3.8) is 0 Å². The minimum absolute atomic E-state index is 0.336. The van der Waals surface area contributed by atoms with Crippen molar-refractivity contribution in [1.29, 1.82) is 0 Å². The minimum atomic E-state index is -0.614. The van der Waals surface area contributed by atoms with Crippen molar-refractivity contribution in [2.75, 3.05) is 6.54 Å². The predicted octanol–water partition coefficient (Wildman–Crippen LogP) is 5.61. The summed E-state index contributed by atoms with van der Waals surface area (Å²) < 4.78 is 1.11. The van der Waals surface area contributed by atoms with E-state index in [1.54, 1.807) is 24.3 Å². The Morgan fingerprint density at radius 2 is 1.61 bits per heavy atom. The summed E-state index contributed by atoms with van der Waals surface area (Å²) in [5.41, 5.74) is 3.26. The van der Waals surface area contributed by atoms with Crippen LogP contribution < -0.4 is 0 Å². The number of hydrogen-bond donors (Lipinski definition) is 1. The summed E-state index contributed by atoms with van der Waals surface area (Å²) in [6.07, 6.45) is 0. The van der Waals surface area contributed by atoms with Gasteiger partial charge in [-0.25, -0.2) is 0 Å². The molecule has 4 rings (SSSR count). The number of nitro groups is 1. The van der Waals surface area contributed by atoms with E-state index in [-0.39, 0.29) is 11.5 Å². The van der Waals surface area contributed by atoms with Crippen molar-refractivity contribution in [1.82, 2.24) is 4.73 Å². The number of hydrogen-bond acceptors (Lipinski definition) is 3. The second-order valence-electron chi connectivity index (χ2n) is 6.55. The standard InChI is InChI=1S/C22H17ClN2O3/c23-19-12-6-4-10-16(19)18(14-24(26)27)21-17-11-5-7-13-20(17)25(28)22(21)15-8-2-1-3-9-15/h1-13,18,28H,14H2/t18-/m0/s1. The van der Waals surface area contributed by atoms with Gasteiger partial charge in [-0.15, -0.1) is 0 Å². The van der Waals surface area contributed by atoms with E-state index in [1.165, 1.54) is 0 Å². The van der Waals surface area contributed by atoms with E-state index in [4.69, 9.17) is 11.6 Å². The highest BCUT2D eigenvalue weighted by Gasteiger charge is 2.30. The summed E-state index contributed by atoms with van der Waals surface area (Å²) in [7, 11) is 0. The molecule has 6 heteroatoms. The predicted molar refractivity (Wildman–Crippen MR) is 110 cm³/mol. The second kappa shape index (κ2) is 7.37. The van der Waals surface area contributed by atoms with Crippen molar-refractivity contribution in [2.45, 2.75) is 5.92 Å². The molecule has 0 fully saturated rings. The van der Waals surface area contributed by atoms with E-state index in [9.17, 15) is 15.3 Å². The average molecular weight is 393 g/mol. The van der Waals surface area contributed by atoms with Crippen LogP contribution in [0.5, 0.6) is 0 Å². The number of rotatable bonds is 5. The van der Waals surface area contributed by atoms with Crippen molar-refractivity contribution in [2.24, 2.45) is 0 Å². The lowest BCUT2D eigenvalue weighted by molar-refractivity contribution is -0.481. The van der Waals surface area contributed by atoms with E-state index in [2.05, 4.69) is 0 Å². The van der Waals surface area contributed by atoms with Crippen LogP contribution in [-0.4, -0.2) is 21.4 Å². The second-order valence-corrected chi connectivity index (χ2v) is 6.95. The molecule has 140 valence electrons. The summed E-state index contributed by atoms with van der Waals surface area (Å²) in [4.78, 5) is 11.2. The highest BCUT2D eigenvalue weighted by molar-refractivity contribution is 6.31. The number of fused-ring (bicyclic) bond motifs is 1. The Balaban J connectivity index is 2.07. The lowest BCUT2D eigenvalue weighted by Gasteiger charge is -2.17. The molecule has 28 heavy (non-hydrogen) atoms. The van der Waals surface area contributed by atoms with Gasteiger partial charge >= 0.3 is 0 Å². The van der Waals surface area contributed by atoms with Gasteiger partial charge in [0.1, 0.15) is 0 Å². The molecular weight excluding hydrogens is 376 g/mol. The third-order valence-electron chi connectivity index (χ3n) is 4.90. The monoisotopic (exact) mass is 392 g/mol.